The molecular weight excluding hydrogens is 388 g/mol. The number of hydrogen-bond donors (Lipinski definition) is 1. The third-order valence-corrected chi connectivity index (χ3v) is 4.37. The zero-order chi connectivity index (χ0) is 20.4. The maximum absolute atomic E-state index is 12.8. The average Bonchev–Trinajstić information content (AvgIpc) is 2.68. The molecule has 1 aromatic heterocycles. The quantitative estimate of drug-likeness (QED) is 0.399. The van der Waals surface area contributed by atoms with Crippen molar-refractivity contribution in [3.05, 3.63) is 91.3 Å². The van der Waals surface area contributed by atoms with Crippen LogP contribution in [-0.4, -0.2) is 27.5 Å². The van der Waals surface area contributed by atoms with E-state index in [1.54, 1.807) is 24.3 Å². The molecule has 0 aliphatic carbocycles. The number of methoxy groups -OCH3 is 1. The van der Waals surface area contributed by atoms with Crippen molar-refractivity contribution in [3.63, 3.8) is 0 Å². The van der Waals surface area contributed by atoms with Crippen LogP contribution in [0.25, 0.3) is 5.69 Å². The first-order valence-corrected chi connectivity index (χ1v) is 8.29. The second kappa shape index (κ2) is 7.53. The molecule has 1 heterocycles. The molecule has 3 rings (SSSR count). The van der Waals surface area contributed by atoms with Gasteiger partial charge in [0.15, 0.2) is 5.78 Å². The lowest BCUT2D eigenvalue weighted by Crippen LogP contribution is -2.19. The lowest BCUT2D eigenvalue weighted by Gasteiger charge is -2.11. The summed E-state index contributed by atoms with van der Waals surface area (Å²) in [5.41, 5.74) is -1.03. The third-order valence-electron chi connectivity index (χ3n) is 4.05. The minimum atomic E-state index is -0.838. The number of benzene rings is 2. The van der Waals surface area contributed by atoms with Gasteiger partial charge < -0.3 is 9.84 Å². The van der Waals surface area contributed by atoms with E-state index in [1.807, 2.05) is 0 Å². The molecule has 0 aliphatic rings. The standard InChI is InChI=1S/C19H13ClN2O6/c1-28-15-8-7-12(19(25)17(15)22(26)27)18(24)11-6-9-16(23)21(10-11)14-5-3-2-4-13(14)20/h2-10,25H,1H3. The number of ether oxygens (including phenoxy) is 1. The molecule has 0 saturated heterocycles. The number of hydrogen-bond acceptors (Lipinski definition) is 6. The average molecular weight is 401 g/mol. The molecule has 1 N–H and O–H groups in total. The van der Waals surface area contributed by atoms with E-state index in [4.69, 9.17) is 16.3 Å². The molecule has 0 atom stereocenters. The van der Waals surface area contributed by atoms with Crippen LogP contribution in [0, 0.1) is 10.1 Å². The van der Waals surface area contributed by atoms with Gasteiger partial charge in [0, 0.05) is 17.8 Å². The summed E-state index contributed by atoms with van der Waals surface area (Å²) in [6.45, 7) is 0. The van der Waals surface area contributed by atoms with Crippen molar-refractivity contribution in [1.29, 1.82) is 0 Å². The molecule has 2 aromatic carbocycles. The number of nitro groups is 1. The summed E-state index contributed by atoms with van der Waals surface area (Å²) in [5, 5.41) is 21.8. The van der Waals surface area contributed by atoms with Gasteiger partial charge in [-0.05, 0) is 30.3 Å². The van der Waals surface area contributed by atoms with Crippen LogP contribution in [0.15, 0.2) is 59.5 Å². The van der Waals surface area contributed by atoms with E-state index in [1.165, 1.54) is 42.1 Å². The second-order valence-corrected chi connectivity index (χ2v) is 6.08. The van der Waals surface area contributed by atoms with Crippen LogP contribution >= 0.6 is 11.6 Å². The van der Waals surface area contributed by atoms with Gasteiger partial charge >= 0.3 is 5.69 Å². The Hall–Kier alpha value is -3.65. The van der Waals surface area contributed by atoms with Crippen LogP contribution in [-0.2, 0) is 0 Å². The SMILES string of the molecule is COc1ccc(C(=O)c2ccc(=O)n(-c3ccccc3Cl)c2)c(O)c1[N+](=O)[O-]. The zero-order valence-corrected chi connectivity index (χ0v) is 15.2. The van der Waals surface area contributed by atoms with E-state index in [9.17, 15) is 24.8 Å². The Morgan fingerprint density at radius 1 is 1.18 bits per heavy atom. The highest BCUT2D eigenvalue weighted by atomic mass is 35.5. The lowest BCUT2D eigenvalue weighted by atomic mass is 10.0. The summed E-state index contributed by atoms with van der Waals surface area (Å²) < 4.78 is 6.05. The van der Waals surface area contributed by atoms with Gasteiger partial charge in [-0.15, -0.1) is 0 Å². The van der Waals surface area contributed by atoms with E-state index in [0.717, 1.165) is 0 Å². The van der Waals surface area contributed by atoms with Gasteiger partial charge in [-0.2, -0.15) is 0 Å². The van der Waals surface area contributed by atoms with E-state index in [2.05, 4.69) is 0 Å². The first kappa shape index (κ1) is 19.1. The van der Waals surface area contributed by atoms with Crippen molar-refractivity contribution in [2.24, 2.45) is 0 Å². The van der Waals surface area contributed by atoms with Gasteiger partial charge in [0.25, 0.3) is 5.56 Å². The number of carbonyl (C=O) groups is 1. The van der Waals surface area contributed by atoms with Gasteiger partial charge in [-0.25, -0.2) is 0 Å². The summed E-state index contributed by atoms with van der Waals surface area (Å²) >= 11 is 6.12. The fourth-order valence-electron chi connectivity index (χ4n) is 2.70. The highest BCUT2D eigenvalue weighted by molar-refractivity contribution is 6.32. The summed E-state index contributed by atoms with van der Waals surface area (Å²) in [7, 11) is 1.21. The van der Waals surface area contributed by atoms with Gasteiger partial charge in [-0.1, -0.05) is 23.7 Å². The summed E-state index contributed by atoms with van der Waals surface area (Å²) in [6.07, 6.45) is 1.27. The molecule has 0 unspecified atom stereocenters. The lowest BCUT2D eigenvalue weighted by molar-refractivity contribution is -0.386. The van der Waals surface area contributed by atoms with Gasteiger partial charge in [0.1, 0.15) is 0 Å². The largest absolute Gasteiger partial charge is 0.501 e. The Morgan fingerprint density at radius 2 is 1.89 bits per heavy atom. The monoisotopic (exact) mass is 400 g/mol. The molecule has 0 radical (unpaired) electrons. The minimum Gasteiger partial charge on any atom is -0.501 e. The Kier molecular flexibility index (Phi) is 5.14. The second-order valence-electron chi connectivity index (χ2n) is 5.68. The van der Waals surface area contributed by atoms with Crippen molar-refractivity contribution < 1.29 is 19.6 Å². The number of nitrogens with zero attached hydrogens (tertiary/aromatic N) is 2. The number of rotatable bonds is 5. The zero-order valence-electron chi connectivity index (χ0n) is 14.5. The van der Waals surface area contributed by atoms with Crippen LogP contribution in [0.2, 0.25) is 5.02 Å². The molecule has 142 valence electrons. The fraction of sp³-hybridized carbons (Fsp3) is 0.0526. The van der Waals surface area contributed by atoms with E-state index < -0.39 is 27.7 Å². The molecule has 9 heteroatoms. The van der Waals surface area contributed by atoms with Crippen molar-refractivity contribution in [2.75, 3.05) is 7.11 Å². The number of nitro benzene ring substituents is 1. The van der Waals surface area contributed by atoms with Crippen LogP contribution < -0.4 is 10.3 Å². The summed E-state index contributed by atoms with van der Waals surface area (Å²) in [5.74, 6) is -1.70. The van der Waals surface area contributed by atoms with E-state index >= 15 is 0 Å². The Balaban J connectivity index is 2.14. The number of phenolic OH excluding ortho intramolecular Hbond substituents is 1. The first-order chi connectivity index (χ1) is 13.3. The number of para-hydroxylation sites is 1. The molecule has 0 aliphatic heterocycles. The smallest absolute Gasteiger partial charge is 0.352 e. The number of phenols is 1. The predicted octanol–water partition coefficient (Wildman–Crippen LogP) is 3.34. The molecule has 0 bridgehead atoms. The predicted molar refractivity (Wildman–Crippen MR) is 102 cm³/mol. The Bertz CT molecular complexity index is 1160. The fourth-order valence-corrected chi connectivity index (χ4v) is 2.92. The number of aromatic nitrogens is 1. The minimum absolute atomic E-state index is 0.0364. The molecule has 0 spiro atoms. The number of ketones is 1. The number of halogens is 1. The first-order valence-electron chi connectivity index (χ1n) is 7.91. The van der Waals surface area contributed by atoms with Gasteiger partial charge in [-0.3, -0.25) is 24.3 Å². The Labute approximate surface area is 163 Å². The van der Waals surface area contributed by atoms with E-state index in [0.29, 0.717) is 10.7 Å². The highest BCUT2D eigenvalue weighted by Crippen LogP contribution is 2.39. The third kappa shape index (κ3) is 3.33. The van der Waals surface area contributed by atoms with Crippen LogP contribution in [0.5, 0.6) is 11.5 Å². The summed E-state index contributed by atoms with van der Waals surface area (Å²) in [6, 6.07) is 11.5. The number of pyridine rings is 1. The van der Waals surface area contributed by atoms with Crippen LogP contribution in [0.4, 0.5) is 5.69 Å². The molecule has 3 aromatic rings. The summed E-state index contributed by atoms with van der Waals surface area (Å²) in [4.78, 5) is 35.5. The topological polar surface area (TPSA) is 112 Å². The molecule has 28 heavy (non-hydrogen) atoms. The molecule has 0 amide bonds. The molecule has 0 fully saturated rings. The van der Waals surface area contributed by atoms with Gasteiger partial charge in [0.2, 0.25) is 11.5 Å². The van der Waals surface area contributed by atoms with E-state index in [-0.39, 0.29) is 16.9 Å². The van der Waals surface area contributed by atoms with Crippen molar-refractivity contribution in [1.82, 2.24) is 4.57 Å². The maximum Gasteiger partial charge on any atom is 0.352 e. The maximum atomic E-state index is 12.8. The van der Waals surface area contributed by atoms with Crippen molar-refractivity contribution in [2.45, 2.75) is 0 Å². The normalized spacial score (nSPS) is 10.5. The highest BCUT2D eigenvalue weighted by Gasteiger charge is 2.27. The van der Waals surface area contributed by atoms with Crippen molar-refractivity contribution in [3.8, 4) is 17.2 Å². The number of aromatic hydroxyl groups is 1. The van der Waals surface area contributed by atoms with Gasteiger partial charge in [0.05, 0.1) is 28.3 Å². The Morgan fingerprint density at radius 3 is 2.54 bits per heavy atom. The molecular formula is C19H13ClN2O6. The number of carbonyl (C=O) groups excluding carboxylic acids is 1. The van der Waals surface area contributed by atoms with Crippen LogP contribution in [0.1, 0.15) is 15.9 Å². The molecule has 0 saturated carbocycles. The molecule has 8 nitrogen and oxygen atoms in total. The van der Waals surface area contributed by atoms with Crippen LogP contribution in [0.3, 0.4) is 0 Å². The van der Waals surface area contributed by atoms with Crippen molar-refractivity contribution >= 4 is 23.1 Å².